The molecule has 1 N–H and O–H groups in total. The van der Waals surface area contributed by atoms with Crippen LogP contribution < -0.4 is 14.8 Å². The molecule has 0 aliphatic carbocycles. The summed E-state index contributed by atoms with van der Waals surface area (Å²) in [4.78, 5) is 22.3. The topological polar surface area (TPSA) is 128 Å². The minimum atomic E-state index is -4.23. The van der Waals surface area contributed by atoms with Gasteiger partial charge in [0.25, 0.3) is 5.69 Å². The summed E-state index contributed by atoms with van der Waals surface area (Å²) in [5.41, 5.74) is 0.0389. The number of nitro benzene ring substituents is 1. The highest BCUT2D eigenvalue weighted by atomic mass is 32.2. The Hall–Kier alpha value is -3.18. The van der Waals surface area contributed by atoms with Gasteiger partial charge in [0.15, 0.2) is 0 Å². The van der Waals surface area contributed by atoms with Gasteiger partial charge in [0.2, 0.25) is 15.9 Å². The normalized spacial score (nSPS) is 11.2. The molecule has 156 valence electrons. The third kappa shape index (κ3) is 5.21. The molecule has 11 heteroatoms. The van der Waals surface area contributed by atoms with E-state index in [4.69, 9.17) is 9.47 Å². The Labute approximate surface area is 168 Å². The fourth-order valence-electron chi connectivity index (χ4n) is 2.55. The maximum Gasteiger partial charge on any atom is 0.271 e. The molecule has 0 fully saturated rings. The predicted molar refractivity (Wildman–Crippen MR) is 106 cm³/mol. The van der Waals surface area contributed by atoms with Gasteiger partial charge in [-0.05, 0) is 18.2 Å². The third-order valence-corrected chi connectivity index (χ3v) is 5.94. The molecule has 0 atom stereocenters. The van der Waals surface area contributed by atoms with Crippen LogP contribution in [-0.4, -0.2) is 50.9 Å². The van der Waals surface area contributed by atoms with Gasteiger partial charge in [-0.3, -0.25) is 14.9 Å². The molecule has 0 aliphatic rings. The highest BCUT2D eigenvalue weighted by Gasteiger charge is 2.30. The Morgan fingerprint density at radius 2 is 1.90 bits per heavy atom. The smallest absolute Gasteiger partial charge is 0.271 e. The molecule has 10 nitrogen and oxygen atoms in total. The van der Waals surface area contributed by atoms with E-state index in [1.54, 1.807) is 31.2 Å². The van der Waals surface area contributed by atoms with Crippen LogP contribution in [0.3, 0.4) is 0 Å². The SMILES string of the molecule is CCN(CC(=O)Nc1cccc(OC)c1)S(=O)(=O)c1cc([N+](=O)[O-])ccc1OC. The number of nitrogens with zero attached hydrogens (tertiary/aromatic N) is 2. The number of carbonyl (C=O) groups is 1. The van der Waals surface area contributed by atoms with Crippen molar-refractivity contribution < 1.29 is 27.6 Å². The summed E-state index contributed by atoms with van der Waals surface area (Å²) in [6.45, 7) is 1.04. The Morgan fingerprint density at radius 1 is 1.17 bits per heavy atom. The van der Waals surface area contributed by atoms with Crippen LogP contribution in [0.4, 0.5) is 11.4 Å². The molecular weight excluding hydrogens is 402 g/mol. The van der Waals surface area contributed by atoms with Gasteiger partial charge in [-0.25, -0.2) is 8.42 Å². The summed E-state index contributed by atoms with van der Waals surface area (Å²) in [6.07, 6.45) is 0. The van der Waals surface area contributed by atoms with E-state index in [0.29, 0.717) is 11.4 Å². The summed E-state index contributed by atoms with van der Waals surface area (Å²) in [7, 11) is -1.49. The van der Waals surface area contributed by atoms with E-state index in [9.17, 15) is 23.3 Å². The van der Waals surface area contributed by atoms with E-state index in [1.165, 1.54) is 20.3 Å². The Bertz CT molecular complexity index is 1010. The van der Waals surface area contributed by atoms with Crippen LogP contribution in [0, 0.1) is 10.1 Å². The number of rotatable bonds is 9. The molecule has 0 aliphatic heterocycles. The molecule has 0 saturated heterocycles. The number of amides is 1. The van der Waals surface area contributed by atoms with E-state index in [2.05, 4.69) is 5.32 Å². The minimum absolute atomic E-state index is 0.0281. The second-order valence-electron chi connectivity index (χ2n) is 5.80. The molecule has 2 rings (SSSR count). The van der Waals surface area contributed by atoms with Crippen molar-refractivity contribution in [1.29, 1.82) is 0 Å². The number of sulfonamides is 1. The Balaban J connectivity index is 2.29. The second kappa shape index (κ2) is 9.34. The average molecular weight is 423 g/mol. The van der Waals surface area contributed by atoms with Gasteiger partial charge in [-0.15, -0.1) is 0 Å². The lowest BCUT2D eigenvalue weighted by molar-refractivity contribution is -0.385. The van der Waals surface area contributed by atoms with Crippen LogP contribution in [-0.2, 0) is 14.8 Å². The van der Waals surface area contributed by atoms with Crippen LogP contribution in [0.1, 0.15) is 6.92 Å². The van der Waals surface area contributed by atoms with Crippen molar-refractivity contribution >= 4 is 27.3 Å². The average Bonchev–Trinajstić information content (AvgIpc) is 2.71. The standard InChI is InChI=1S/C18H21N3O7S/c1-4-20(12-18(22)19-13-6-5-7-15(10-13)27-2)29(25,26)17-11-14(21(23)24)8-9-16(17)28-3/h5-11H,4,12H2,1-3H3,(H,19,22). The molecule has 0 heterocycles. The number of benzene rings is 2. The zero-order valence-electron chi connectivity index (χ0n) is 16.1. The van der Waals surface area contributed by atoms with Gasteiger partial charge >= 0.3 is 0 Å². The van der Waals surface area contributed by atoms with Crippen molar-refractivity contribution in [1.82, 2.24) is 4.31 Å². The Morgan fingerprint density at radius 3 is 2.48 bits per heavy atom. The number of hydrogen-bond donors (Lipinski definition) is 1. The van der Waals surface area contributed by atoms with E-state index in [-0.39, 0.29) is 17.2 Å². The quantitative estimate of drug-likeness (QED) is 0.484. The van der Waals surface area contributed by atoms with Gasteiger partial charge in [0.05, 0.1) is 25.7 Å². The number of anilines is 1. The van der Waals surface area contributed by atoms with Crippen LogP contribution in [0.25, 0.3) is 0 Å². The summed E-state index contributed by atoms with van der Waals surface area (Å²) < 4.78 is 37.1. The number of nitro groups is 1. The van der Waals surface area contributed by atoms with Crippen LogP contribution in [0.5, 0.6) is 11.5 Å². The van der Waals surface area contributed by atoms with Crippen molar-refractivity contribution in [3.05, 3.63) is 52.6 Å². The molecule has 0 radical (unpaired) electrons. The number of nitrogens with one attached hydrogen (secondary N) is 1. The van der Waals surface area contributed by atoms with E-state index in [1.807, 2.05) is 0 Å². The first-order chi connectivity index (χ1) is 13.7. The highest BCUT2D eigenvalue weighted by Crippen LogP contribution is 2.30. The zero-order valence-corrected chi connectivity index (χ0v) is 16.9. The van der Waals surface area contributed by atoms with Gasteiger partial charge in [-0.2, -0.15) is 4.31 Å². The van der Waals surface area contributed by atoms with E-state index < -0.39 is 33.1 Å². The van der Waals surface area contributed by atoms with Crippen molar-refractivity contribution in [3.8, 4) is 11.5 Å². The molecule has 0 aromatic heterocycles. The molecule has 0 spiro atoms. The largest absolute Gasteiger partial charge is 0.497 e. The van der Waals surface area contributed by atoms with Gasteiger partial charge < -0.3 is 14.8 Å². The predicted octanol–water partition coefficient (Wildman–Crippen LogP) is 2.26. The van der Waals surface area contributed by atoms with Crippen LogP contribution >= 0.6 is 0 Å². The summed E-state index contributed by atoms with van der Waals surface area (Å²) in [5, 5.41) is 13.6. The fourth-order valence-corrected chi connectivity index (χ4v) is 4.13. The summed E-state index contributed by atoms with van der Waals surface area (Å²) in [6, 6.07) is 9.86. The molecule has 0 unspecified atom stereocenters. The van der Waals surface area contributed by atoms with E-state index in [0.717, 1.165) is 16.4 Å². The number of ether oxygens (including phenoxy) is 2. The van der Waals surface area contributed by atoms with Crippen molar-refractivity contribution in [2.75, 3.05) is 32.6 Å². The first kappa shape index (κ1) is 22.1. The molecular formula is C18H21N3O7S. The monoisotopic (exact) mass is 423 g/mol. The number of likely N-dealkylation sites (N-methyl/N-ethyl adjacent to an activating group) is 1. The van der Waals surface area contributed by atoms with E-state index >= 15 is 0 Å². The molecule has 0 bridgehead atoms. The number of non-ortho nitro benzene ring substituents is 1. The van der Waals surface area contributed by atoms with Crippen LogP contribution in [0.15, 0.2) is 47.4 Å². The first-order valence-electron chi connectivity index (χ1n) is 8.49. The number of hydrogen-bond acceptors (Lipinski definition) is 7. The molecule has 29 heavy (non-hydrogen) atoms. The lowest BCUT2D eigenvalue weighted by atomic mass is 10.3. The third-order valence-electron chi connectivity index (χ3n) is 4.00. The number of carbonyl (C=O) groups excluding carboxylic acids is 1. The summed E-state index contributed by atoms with van der Waals surface area (Å²) >= 11 is 0. The zero-order chi connectivity index (χ0) is 21.6. The van der Waals surface area contributed by atoms with Crippen molar-refractivity contribution in [2.24, 2.45) is 0 Å². The minimum Gasteiger partial charge on any atom is -0.497 e. The van der Waals surface area contributed by atoms with Crippen molar-refractivity contribution in [3.63, 3.8) is 0 Å². The van der Waals surface area contributed by atoms with Gasteiger partial charge in [0, 0.05) is 30.4 Å². The van der Waals surface area contributed by atoms with Crippen LogP contribution in [0.2, 0.25) is 0 Å². The lowest BCUT2D eigenvalue weighted by Gasteiger charge is -2.21. The lowest BCUT2D eigenvalue weighted by Crippen LogP contribution is -2.38. The molecule has 0 saturated carbocycles. The maximum absolute atomic E-state index is 13.0. The molecule has 2 aromatic carbocycles. The first-order valence-corrected chi connectivity index (χ1v) is 9.93. The highest BCUT2D eigenvalue weighted by molar-refractivity contribution is 7.89. The number of methoxy groups -OCH3 is 2. The molecule has 2 aromatic rings. The van der Waals surface area contributed by atoms with Gasteiger partial charge in [-0.1, -0.05) is 13.0 Å². The van der Waals surface area contributed by atoms with Crippen molar-refractivity contribution in [2.45, 2.75) is 11.8 Å². The fraction of sp³-hybridized carbons (Fsp3) is 0.278. The Kier molecular flexibility index (Phi) is 7.13. The second-order valence-corrected chi connectivity index (χ2v) is 7.71. The summed E-state index contributed by atoms with van der Waals surface area (Å²) in [5.74, 6) is -0.0977. The maximum atomic E-state index is 13.0. The molecule has 1 amide bonds. The van der Waals surface area contributed by atoms with Gasteiger partial charge in [0.1, 0.15) is 16.4 Å².